The standard InChI is InChI=1S/C21H39NO2/c1-15-10-16(2)13-22(12-15)14-18(23)7-9-24-19-11-17-6-8-21(19,5)20(17,3)4/h15-19,23H,6-14H2,1-5H3/t15-,16-,17+,18-,19-,21+/m1/s1. The van der Waals surface area contributed by atoms with Gasteiger partial charge in [-0.05, 0) is 60.7 Å². The molecule has 3 fully saturated rings. The molecule has 0 aromatic heterocycles. The number of aliphatic hydroxyl groups is 1. The van der Waals surface area contributed by atoms with Crippen molar-refractivity contribution < 1.29 is 9.84 Å². The van der Waals surface area contributed by atoms with E-state index in [0.717, 1.165) is 43.8 Å². The van der Waals surface area contributed by atoms with Crippen LogP contribution in [0.4, 0.5) is 0 Å². The van der Waals surface area contributed by atoms with Crippen LogP contribution in [0.1, 0.15) is 66.7 Å². The lowest BCUT2D eigenvalue weighted by Gasteiger charge is -2.39. The number of piperidine rings is 1. The number of hydrogen-bond acceptors (Lipinski definition) is 3. The summed E-state index contributed by atoms with van der Waals surface area (Å²) in [5.41, 5.74) is 0.747. The summed E-state index contributed by atoms with van der Waals surface area (Å²) in [5.74, 6) is 2.34. The van der Waals surface area contributed by atoms with Crippen LogP contribution in [0.2, 0.25) is 0 Å². The summed E-state index contributed by atoms with van der Waals surface area (Å²) < 4.78 is 6.30. The molecule has 0 unspecified atom stereocenters. The summed E-state index contributed by atoms with van der Waals surface area (Å²) in [6.07, 6.45) is 6.15. The minimum absolute atomic E-state index is 0.248. The van der Waals surface area contributed by atoms with E-state index in [1.54, 1.807) is 0 Å². The maximum Gasteiger partial charge on any atom is 0.0689 e. The largest absolute Gasteiger partial charge is 0.392 e. The van der Waals surface area contributed by atoms with Gasteiger partial charge >= 0.3 is 0 Å². The Morgan fingerprint density at radius 1 is 1.12 bits per heavy atom. The predicted molar refractivity (Wildman–Crippen MR) is 99.0 cm³/mol. The first-order chi connectivity index (χ1) is 11.2. The highest BCUT2D eigenvalue weighted by atomic mass is 16.5. The van der Waals surface area contributed by atoms with Crippen LogP contribution in [-0.4, -0.2) is 48.5 Å². The summed E-state index contributed by atoms with van der Waals surface area (Å²) in [4.78, 5) is 2.45. The number of aliphatic hydroxyl groups excluding tert-OH is 1. The molecule has 3 heteroatoms. The molecule has 1 heterocycles. The summed E-state index contributed by atoms with van der Waals surface area (Å²) in [6.45, 7) is 15.8. The third-order valence-electron chi connectivity index (χ3n) is 7.90. The van der Waals surface area contributed by atoms with Crippen molar-refractivity contribution >= 4 is 0 Å². The molecule has 3 aliphatic rings. The van der Waals surface area contributed by atoms with Crippen LogP contribution in [0.15, 0.2) is 0 Å². The third-order valence-corrected chi connectivity index (χ3v) is 7.90. The number of hydrogen-bond donors (Lipinski definition) is 1. The van der Waals surface area contributed by atoms with Gasteiger partial charge in [0.25, 0.3) is 0 Å². The van der Waals surface area contributed by atoms with Crippen molar-refractivity contribution in [1.82, 2.24) is 4.90 Å². The smallest absolute Gasteiger partial charge is 0.0689 e. The lowest BCUT2D eigenvalue weighted by atomic mass is 9.70. The van der Waals surface area contributed by atoms with Crippen LogP contribution in [0, 0.1) is 28.6 Å². The Hall–Kier alpha value is -0.120. The van der Waals surface area contributed by atoms with Gasteiger partial charge in [0.05, 0.1) is 12.2 Å². The van der Waals surface area contributed by atoms with E-state index in [0.29, 0.717) is 23.5 Å². The Labute approximate surface area is 149 Å². The molecular weight excluding hydrogens is 298 g/mol. The lowest BCUT2D eigenvalue weighted by Crippen LogP contribution is -2.43. The highest BCUT2D eigenvalue weighted by Crippen LogP contribution is 2.66. The van der Waals surface area contributed by atoms with Gasteiger partial charge in [-0.15, -0.1) is 0 Å². The molecule has 1 aliphatic heterocycles. The van der Waals surface area contributed by atoms with Crippen LogP contribution >= 0.6 is 0 Å². The Balaban J connectivity index is 1.41. The first kappa shape index (κ1) is 18.7. The zero-order chi connectivity index (χ0) is 17.5. The van der Waals surface area contributed by atoms with Gasteiger partial charge in [0, 0.05) is 26.2 Å². The molecule has 0 radical (unpaired) electrons. The van der Waals surface area contributed by atoms with Crippen LogP contribution in [-0.2, 0) is 4.74 Å². The van der Waals surface area contributed by atoms with Gasteiger partial charge in [0.2, 0.25) is 0 Å². The van der Waals surface area contributed by atoms with E-state index in [4.69, 9.17) is 4.74 Å². The molecule has 1 N–H and O–H groups in total. The van der Waals surface area contributed by atoms with Crippen LogP contribution in [0.5, 0.6) is 0 Å². The third kappa shape index (κ3) is 3.41. The molecule has 0 amide bonds. The number of likely N-dealkylation sites (tertiary alicyclic amines) is 1. The first-order valence-electron chi connectivity index (χ1n) is 10.2. The number of rotatable bonds is 6. The van der Waals surface area contributed by atoms with Crippen LogP contribution in [0.3, 0.4) is 0 Å². The van der Waals surface area contributed by atoms with E-state index in [-0.39, 0.29) is 6.10 Å². The van der Waals surface area contributed by atoms with Crippen molar-refractivity contribution in [3.05, 3.63) is 0 Å². The van der Waals surface area contributed by atoms with E-state index >= 15 is 0 Å². The van der Waals surface area contributed by atoms with Crippen molar-refractivity contribution in [3.8, 4) is 0 Å². The van der Waals surface area contributed by atoms with Gasteiger partial charge in [-0.2, -0.15) is 0 Å². The number of fused-ring (bicyclic) bond motifs is 2. The Kier molecular flexibility index (Phi) is 5.36. The SMILES string of the molecule is C[C@@H]1C[C@@H](C)CN(C[C@H](O)CCO[C@@H]2C[C@@H]3CC[C@]2(C)C3(C)C)C1. The van der Waals surface area contributed by atoms with Crippen molar-refractivity contribution in [3.63, 3.8) is 0 Å². The van der Waals surface area contributed by atoms with Gasteiger partial charge < -0.3 is 14.7 Å². The quantitative estimate of drug-likeness (QED) is 0.796. The fourth-order valence-corrected chi connectivity index (χ4v) is 6.06. The average Bonchev–Trinajstić information content (AvgIpc) is 2.79. The fraction of sp³-hybridized carbons (Fsp3) is 1.00. The zero-order valence-electron chi connectivity index (χ0n) is 16.6. The molecule has 2 saturated carbocycles. The summed E-state index contributed by atoms with van der Waals surface area (Å²) in [6, 6.07) is 0. The lowest BCUT2D eigenvalue weighted by molar-refractivity contribution is -0.0572. The van der Waals surface area contributed by atoms with Gasteiger partial charge in [0.1, 0.15) is 0 Å². The molecule has 3 nitrogen and oxygen atoms in total. The first-order valence-corrected chi connectivity index (χ1v) is 10.2. The minimum Gasteiger partial charge on any atom is -0.392 e. The molecule has 0 spiro atoms. The monoisotopic (exact) mass is 337 g/mol. The molecule has 0 aromatic rings. The summed E-state index contributed by atoms with van der Waals surface area (Å²) in [5, 5.41) is 10.4. The molecule has 1 saturated heterocycles. The highest BCUT2D eigenvalue weighted by Gasteiger charge is 2.61. The van der Waals surface area contributed by atoms with Crippen molar-refractivity contribution in [2.75, 3.05) is 26.2 Å². The van der Waals surface area contributed by atoms with Gasteiger partial charge in [0.15, 0.2) is 0 Å². The zero-order valence-corrected chi connectivity index (χ0v) is 16.6. The minimum atomic E-state index is -0.248. The second-order valence-corrected chi connectivity index (χ2v) is 10.1. The van der Waals surface area contributed by atoms with Crippen LogP contribution < -0.4 is 0 Å². The number of nitrogens with zero attached hydrogens (tertiary/aromatic N) is 1. The normalized spacial score (nSPS) is 43.2. The molecule has 2 aliphatic carbocycles. The second kappa shape index (κ2) is 6.89. The summed E-state index contributed by atoms with van der Waals surface area (Å²) in [7, 11) is 0. The maximum atomic E-state index is 10.4. The molecule has 24 heavy (non-hydrogen) atoms. The molecular formula is C21H39NO2. The van der Waals surface area contributed by atoms with E-state index in [1.807, 2.05) is 0 Å². The van der Waals surface area contributed by atoms with Gasteiger partial charge in [-0.1, -0.05) is 34.6 Å². The van der Waals surface area contributed by atoms with E-state index in [9.17, 15) is 5.11 Å². The second-order valence-electron chi connectivity index (χ2n) is 10.1. The fourth-order valence-electron chi connectivity index (χ4n) is 6.06. The van der Waals surface area contributed by atoms with Crippen molar-refractivity contribution in [2.45, 2.75) is 78.9 Å². The predicted octanol–water partition coefficient (Wildman–Crippen LogP) is 3.95. The molecule has 6 atom stereocenters. The Bertz CT molecular complexity index is 428. The van der Waals surface area contributed by atoms with Gasteiger partial charge in [-0.3, -0.25) is 0 Å². The Morgan fingerprint density at radius 3 is 2.33 bits per heavy atom. The molecule has 2 bridgehead atoms. The number of β-amino-alcohol motifs (C(OH)–C–C–N with tert-alkyl or cyclic N) is 1. The number of ether oxygens (including phenoxy) is 1. The topological polar surface area (TPSA) is 32.7 Å². The molecule has 140 valence electrons. The van der Waals surface area contributed by atoms with E-state index < -0.39 is 0 Å². The average molecular weight is 338 g/mol. The van der Waals surface area contributed by atoms with Crippen molar-refractivity contribution in [1.29, 1.82) is 0 Å². The van der Waals surface area contributed by atoms with E-state index in [1.165, 1.54) is 25.7 Å². The van der Waals surface area contributed by atoms with E-state index in [2.05, 4.69) is 39.5 Å². The van der Waals surface area contributed by atoms with Gasteiger partial charge in [-0.25, -0.2) is 0 Å². The van der Waals surface area contributed by atoms with Crippen LogP contribution in [0.25, 0.3) is 0 Å². The molecule has 0 aromatic carbocycles. The summed E-state index contributed by atoms with van der Waals surface area (Å²) >= 11 is 0. The highest BCUT2D eigenvalue weighted by molar-refractivity contribution is 5.11. The van der Waals surface area contributed by atoms with Crippen molar-refractivity contribution in [2.24, 2.45) is 28.6 Å². The maximum absolute atomic E-state index is 10.4. The Morgan fingerprint density at radius 2 is 1.79 bits per heavy atom. The molecule has 3 rings (SSSR count).